The third-order valence-corrected chi connectivity index (χ3v) is 5.06. The number of aromatic nitrogens is 2. The van der Waals surface area contributed by atoms with Crippen molar-refractivity contribution < 1.29 is 9.90 Å². The summed E-state index contributed by atoms with van der Waals surface area (Å²) in [6, 6.07) is 12.7. The van der Waals surface area contributed by atoms with Crippen LogP contribution < -0.4 is 16.3 Å². The number of hydrazone groups is 1. The van der Waals surface area contributed by atoms with E-state index in [1.165, 1.54) is 18.2 Å². The predicted molar refractivity (Wildman–Crippen MR) is 119 cm³/mol. The molecule has 1 amide bonds. The summed E-state index contributed by atoms with van der Waals surface area (Å²) in [5.41, 5.74) is -0.880. The number of rotatable bonds is 3. The van der Waals surface area contributed by atoms with Gasteiger partial charge in [0.15, 0.2) is 0 Å². The second-order valence-corrected chi connectivity index (χ2v) is 7.52. The Balaban J connectivity index is 1.83. The van der Waals surface area contributed by atoms with Crippen molar-refractivity contribution in [3.05, 3.63) is 90.6 Å². The Bertz CT molecular complexity index is 1400. The Morgan fingerprint density at radius 1 is 1.00 bits per heavy atom. The normalized spacial score (nSPS) is 14.9. The molecule has 8 nitrogen and oxygen atoms in total. The molecule has 0 radical (unpaired) electrons. The third-order valence-electron chi connectivity index (χ3n) is 4.59. The molecule has 0 atom stereocenters. The molecule has 1 aromatic heterocycles. The molecule has 0 saturated heterocycles. The molecule has 1 aliphatic rings. The fourth-order valence-corrected chi connectivity index (χ4v) is 3.50. The van der Waals surface area contributed by atoms with Crippen molar-refractivity contribution in [3.8, 4) is 11.6 Å². The van der Waals surface area contributed by atoms with E-state index >= 15 is 0 Å². The number of carbonyl (C=O) groups excluding carboxylic acids is 1. The summed E-state index contributed by atoms with van der Waals surface area (Å²) in [6.07, 6.45) is 1.19. The lowest BCUT2D eigenvalue weighted by Crippen LogP contribution is -2.30. The quantitative estimate of drug-likeness (QED) is 0.589. The average molecular weight is 457 g/mol. The van der Waals surface area contributed by atoms with Crippen LogP contribution >= 0.6 is 23.2 Å². The third kappa shape index (κ3) is 3.78. The highest BCUT2D eigenvalue weighted by Gasteiger charge is 2.30. The van der Waals surface area contributed by atoms with Crippen LogP contribution in [0.2, 0.25) is 10.0 Å². The fraction of sp³-hybridized carbons (Fsp3) is 0.0476. The minimum absolute atomic E-state index is 0.0806. The summed E-state index contributed by atoms with van der Waals surface area (Å²) in [5, 5.41) is 16.8. The second kappa shape index (κ2) is 7.90. The van der Waals surface area contributed by atoms with Crippen molar-refractivity contribution >= 4 is 46.6 Å². The number of nitrogens with one attached hydrogen (secondary N) is 1. The van der Waals surface area contributed by atoms with Gasteiger partial charge in [-0.1, -0.05) is 35.3 Å². The fourth-order valence-electron chi connectivity index (χ4n) is 3.13. The first-order chi connectivity index (χ1) is 14.8. The molecule has 10 heteroatoms. The predicted octanol–water partition coefficient (Wildman–Crippen LogP) is 3.34. The number of anilines is 1. The minimum atomic E-state index is -0.852. The van der Waals surface area contributed by atoms with Crippen LogP contribution in [0.15, 0.2) is 68.8 Å². The molecule has 31 heavy (non-hydrogen) atoms. The van der Waals surface area contributed by atoms with E-state index in [-0.39, 0.29) is 16.8 Å². The van der Waals surface area contributed by atoms with E-state index in [0.717, 1.165) is 9.58 Å². The van der Waals surface area contributed by atoms with Crippen molar-refractivity contribution in [2.45, 2.75) is 6.92 Å². The number of carbonyl (C=O) groups is 1. The van der Waals surface area contributed by atoms with Crippen molar-refractivity contribution in [2.24, 2.45) is 5.10 Å². The molecule has 4 rings (SSSR count). The standard InChI is InChI=1S/C21H14Cl2N4O4/c1-11-16(20(30)27(25-11)15-7-3-5-13(23)9-15)10-17-18(28)24-21(31)26(19(17)29)14-6-2-4-12(22)8-14/h2-10,29H,1H3,(H,24,28,31)/b16-10+. The zero-order chi connectivity index (χ0) is 22.3. The number of hydrogen-bond acceptors (Lipinski definition) is 5. The Morgan fingerprint density at radius 3 is 2.26 bits per heavy atom. The zero-order valence-corrected chi connectivity index (χ0v) is 17.5. The topological polar surface area (TPSA) is 108 Å². The van der Waals surface area contributed by atoms with Gasteiger partial charge in [0.1, 0.15) is 5.56 Å². The Hall–Kier alpha value is -3.62. The summed E-state index contributed by atoms with van der Waals surface area (Å²) in [7, 11) is 0. The Kier molecular flexibility index (Phi) is 5.26. The summed E-state index contributed by atoms with van der Waals surface area (Å²) in [5.74, 6) is -1.15. The summed E-state index contributed by atoms with van der Waals surface area (Å²) in [6.45, 7) is 1.59. The van der Waals surface area contributed by atoms with E-state index in [2.05, 4.69) is 10.1 Å². The van der Waals surface area contributed by atoms with Crippen LogP contribution in [0.25, 0.3) is 11.8 Å². The van der Waals surface area contributed by atoms with Gasteiger partial charge in [-0.15, -0.1) is 0 Å². The number of aromatic amines is 1. The van der Waals surface area contributed by atoms with E-state index in [4.69, 9.17) is 23.2 Å². The number of hydrogen-bond donors (Lipinski definition) is 2. The summed E-state index contributed by atoms with van der Waals surface area (Å²) in [4.78, 5) is 39.8. The molecule has 0 aliphatic carbocycles. The highest BCUT2D eigenvalue weighted by atomic mass is 35.5. The summed E-state index contributed by atoms with van der Waals surface area (Å²) < 4.78 is 0.889. The van der Waals surface area contributed by atoms with E-state index in [0.29, 0.717) is 21.4 Å². The van der Waals surface area contributed by atoms with Gasteiger partial charge in [0, 0.05) is 10.0 Å². The molecule has 3 aromatic rings. The molecule has 0 bridgehead atoms. The van der Waals surface area contributed by atoms with Gasteiger partial charge in [-0.3, -0.25) is 14.6 Å². The first kappa shape index (κ1) is 20.6. The van der Waals surface area contributed by atoms with E-state index < -0.39 is 23.0 Å². The molecule has 156 valence electrons. The first-order valence-corrected chi connectivity index (χ1v) is 9.73. The lowest BCUT2D eigenvalue weighted by atomic mass is 10.1. The number of aromatic hydroxyl groups is 1. The number of nitrogens with zero attached hydrogens (tertiary/aromatic N) is 3. The molecule has 0 spiro atoms. The number of benzene rings is 2. The van der Waals surface area contributed by atoms with E-state index in [9.17, 15) is 19.5 Å². The largest absolute Gasteiger partial charge is 0.494 e. The van der Waals surface area contributed by atoms with Crippen LogP contribution in [0.1, 0.15) is 12.5 Å². The van der Waals surface area contributed by atoms with E-state index in [1.54, 1.807) is 43.3 Å². The Labute approximate surface area is 185 Å². The molecule has 2 heterocycles. The van der Waals surface area contributed by atoms with Gasteiger partial charge in [0.2, 0.25) is 5.88 Å². The molecule has 2 aromatic carbocycles. The van der Waals surface area contributed by atoms with Crippen LogP contribution in [0.3, 0.4) is 0 Å². The maximum atomic E-state index is 12.9. The monoisotopic (exact) mass is 456 g/mol. The van der Waals surface area contributed by atoms with Gasteiger partial charge in [-0.25, -0.2) is 9.36 Å². The maximum absolute atomic E-state index is 12.9. The van der Waals surface area contributed by atoms with Crippen molar-refractivity contribution in [1.82, 2.24) is 9.55 Å². The number of H-pyrrole nitrogens is 1. The molecular weight excluding hydrogens is 443 g/mol. The first-order valence-electron chi connectivity index (χ1n) is 8.98. The Morgan fingerprint density at radius 2 is 1.61 bits per heavy atom. The number of amides is 1. The highest BCUT2D eigenvalue weighted by molar-refractivity contribution is 6.33. The van der Waals surface area contributed by atoms with Gasteiger partial charge in [0.25, 0.3) is 11.5 Å². The minimum Gasteiger partial charge on any atom is -0.494 e. The van der Waals surface area contributed by atoms with Crippen LogP contribution in [-0.2, 0) is 4.79 Å². The van der Waals surface area contributed by atoms with Gasteiger partial charge in [-0.05, 0) is 49.4 Å². The van der Waals surface area contributed by atoms with Crippen molar-refractivity contribution in [1.29, 1.82) is 0 Å². The maximum Gasteiger partial charge on any atom is 0.335 e. The van der Waals surface area contributed by atoms with Crippen LogP contribution in [0.4, 0.5) is 5.69 Å². The number of halogens is 2. The van der Waals surface area contributed by atoms with Crippen LogP contribution in [-0.4, -0.2) is 26.3 Å². The molecular formula is C21H14Cl2N4O4. The molecule has 0 unspecified atom stereocenters. The van der Waals surface area contributed by atoms with Gasteiger partial charge in [-0.2, -0.15) is 10.1 Å². The van der Waals surface area contributed by atoms with E-state index in [1.807, 2.05) is 0 Å². The van der Waals surface area contributed by atoms with Gasteiger partial charge < -0.3 is 5.11 Å². The molecule has 2 N–H and O–H groups in total. The highest BCUT2D eigenvalue weighted by Crippen LogP contribution is 2.28. The van der Waals surface area contributed by atoms with Crippen molar-refractivity contribution in [2.75, 3.05) is 5.01 Å². The summed E-state index contributed by atoms with van der Waals surface area (Å²) >= 11 is 12.0. The van der Waals surface area contributed by atoms with Crippen LogP contribution in [0.5, 0.6) is 5.88 Å². The molecule has 1 aliphatic heterocycles. The van der Waals surface area contributed by atoms with Crippen LogP contribution in [0, 0.1) is 0 Å². The smallest absolute Gasteiger partial charge is 0.335 e. The second-order valence-electron chi connectivity index (χ2n) is 6.65. The zero-order valence-electron chi connectivity index (χ0n) is 16.0. The SMILES string of the molecule is CC1=NN(c2cccc(Cl)c2)C(=O)/C1=C/c1c(O)n(-c2cccc(Cl)c2)c(=O)[nH]c1=O. The lowest BCUT2D eigenvalue weighted by Gasteiger charge is -2.12. The van der Waals surface area contributed by atoms with Crippen molar-refractivity contribution in [3.63, 3.8) is 0 Å². The molecule has 0 saturated carbocycles. The average Bonchev–Trinajstić information content (AvgIpc) is 2.99. The molecule has 0 fully saturated rings. The lowest BCUT2D eigenvalue weighted by molar-refractivity contribution is -0.114. The van der Waals surface area contributed by atoms with Gasteiger partial charge >= 0.3 is 5.69 Å². The van der Waals surface area contributed by atoms with Gasteiger partial charge in [0.05, 0.1) is 22.7 Å².